The SMILES string of the molecule is CCC(C)C(=O)OC[C@]12[C@H](OC(=O)c3ccccc3)[C@@H](OC(=O)C(C)CC)[C@@H]3[C@@H](OC(C)=O)[C@]1(OC3(C)C)[C@@](C)(O)C[C@H](O)[C@@H]2OC(C)=O. The van der Waals surface area contributed by atoms with Crippen molar-refractivity contribution >= 4 is 29.8 Å². The van der Waals surface area contributed by atoms with Gasteiger partial charge in [0.15, 0.2) is 11.7 Å². The number of hydrogen-bond donors (Lipinski definition) is 2. The molecule has 11 atom stereocenters. The molecule has 13 heteroatoms. The van der Waals surface area contributed by atoms with E-state index in [9.17, 15) is 34.2 Å². The Labute approximate surface area is 286 Å². The Morgan fingerprint density at radius 1 is 0.837 bits per heavy atom. The summed E-state index contributed by atoms with van der Waals surface area (Å²) in [5.41, 5.74) is -7.83. The standard InChI is InChI=1S/C36H50O13/c1-10-19(3)30(40)44-18-35-27(45-21(5)37)24(39)17-34(9,43)36(35)28(46-22(6)38)25(33(7,8)49-36)26(47-31(41)20(4)11-2)29(35)48-32(42)23-15-13-12-14-16-23/h12-16,19-20,24-29,39,43H,10-11,17-18H2,1-9H3/t19?,20?,24-,25+,26-,27-,28+,29+,34-,35-,36-/m0/s1. The molecule has 272 valence electrons. The fourth-order valence-corrected chi connectivity index (χ4v) is 8.03. The number of aliphatic hydroxyl groups is 2. The highest BCUT2D eigenvalue weighted by Gasteiger charge is 2.88. The van der Waals surface area contributed by atoms with E-state index >= 15 is 0 Å². The van der Waals surface area contributed by atoms with Crippen molar-refractivity contribution in [3.63, 3.8) is 0 Å². The van der Waals surface area contributed by atoms with Crippen LogP contribution in [-0.4, -0.2) is 94.0 Å². The van der Waals surface area contributed by atoms with E-state index in [-0.39, 0.29) is 5.56 Å². The average molecular weight is 691 g/mol. The molecule has 2 aliphatic carbocycles. The summed E-state index contributed by atoms with van der Waals surface area (Å²) in [4.78, 5) is 66.9. The zero-order chi connectivity index (χ0) is 36.7. The normalized spacial score (nSPS) is 35.6. The van der Waals surface area contributed by atoms with Crippen molar-refractivity contribution in [2.45, 2.75) is 129 Å². The minimum absolute atomic E-state index is 0.108. The van der Waals surface area contributed by atoms with E-state index in [0.29, 0.717) is 12.8 Å². The highest BCUT2D eigenvalue weighted by molar-refractivity contribution is 5.89. The van der Waals surface area contributed by atoms with E-state index in [4.69, 9.17) is 28.4 Å². The molecule has 1 saturated heterocycles. The molecule has 0 aromatic heterocycles. The first-order chi connectivity index (χ1) is 22.8. The van der Waals surface area contributed by atoms with Crippen LogP contribution in [0.3, 0.4) is 0 Å². The molecule has 4 rings (SSSR count). The second-order valence-corrected chi connectivity index (χ2v) is 14.4. The van der Waals surface area contributed by atoms with Gasteiger partial charge >= 0.3 is 29.8 Å². The number of hydrogen-bond acceptors (Lipinski definition) is 13. The lowest BCUT2D eigenvalue weighted by atomic mass is 9.45. The summed E-state index contributed by atoms with van der Waals surface area (Å²) < 4.78 is 37.3. The summed E-state index contributed by atoms with van der Waals surface area (Å²) in [5, 5.41) is 24.3. The van der Waals surface area contributed by atoms with E-state index in [1.807, 2.05) is 0 Å². The van der Waals surface area contributed by atoms with Crippen LogP contribution in [0.5, 0.6) is 0 Å². The molecule has 2 unspecified atom stereocenters. The van der Waals surface area contributed by atoms with Gasteiger partial charge in [0.1, 0.15) is 30.3 Å². The lowest BCUT2D eigenvalue weighted by Crippen LogP contribution is -2.85. The average Bonchev–Trinajstić information content (AvgIpc) is 3.23. The summed E-state index contributed by atoms with van der Waals surface area (Å²) in [6.07, 6.45) is -7.68. The van der Waals surface area contributed by atoms with Gasteiger partial charge in [-0.15, -0.1) is 0 Å². The van der Waals surface area contributed by atoms with Crippen molar-refractivity contribution in [2.75, 3.05) is 6.61 Å². The largest absolute Gasteiger partial charge is 0.464 e. The number of fused-ring (bicyclic) bond motifs is 1. The van der Waals surface area contributed by atoms with Crippen molar-refractivity contribution in [3.05, 3.63) is 35.9 Å². The van der Waals surface area contributed by atoms with Crippen LogP contribution in [0.25, 0.3) is 0 Å². The van der Waals surface area contributed by atoms with Gasteiger partial charge in [0.2, 0.25) is 0 Å². The van der Waals surface area contributed by atoms with Crippen LogP contribution in [0.2, 0.25) is 0 Å². The third-order valence-electron chi connectivity index (χ3n) is 10.6. The molecule has 1 heterocycles. The van der Waals surface area contributed by atoms with E-state index in [1.54, 1.807) is 59.7 Å². The molecular weight excluding hydrogens is 640 g/mol. The van der Waals surface area contributed by atoms with Crippen LogP contribution in [0.1, 0.15) is 91.9 Å². The molecule has 1 aromatic rings. The fraction of sp³-hybridized carbons (Fsp3) is 0.694. The van der Waals surface area contributed by atoms with Gasteiger partial charge in [-0.25, -0.2) is 4.79 Å². The van der Waals surface area contributed by atoms with Gasteiger partial charge in [0.25, 0.3) is 0 Å². The van der Waals surface area contributed by atoms with Gasteiger partial charge in [0, 0.05) is 20.3 Å². The molecule has 3 aliphatic rings. The minimum Gasteiger partial charge on any atom is -0.464 e. The minimum atomic E-state index is -2.24. The lowest BCUT2D eigenvalue weighted by Gasteiger charge is -2.66. The second kappa shape index (κ2) is 14.0. The molecule has 1 aromatic carbocycles. The van der Waals surface area contributed by atoms with Gasteiger partial charge in [0.05, 0.1) is 40.6 Å². The third-order valence-corrected chi connectivity index (χ3v) is 10.6. The van der Waals surface area contributed by atoms with Crippen LogP contribution in [0.15, 0.2) is 30.3 Å². The summed E-state index contributed by atoms with van der Waals surface area (Å²) in [7, 11) is 0. The number of ether oxygens (including phenoxy) is 6. The molecule has 1 spiro atoms. The molecule has 3 fully saturated rings. The first-order valence-electron chi connectivity index (χ1n) is 16.9. The quantitative estimate of drug-likeness (QED) is 0.255. The molecule has 0 amide bonds. The maximum atomic E-state index is 14.0. The number of carbonyl (C=O) groups excluding carboxylic acids is 5. The molecule has 2 bridgehead atoms. The zero-order valence-corrected chi connectivity index (χ0v) is 29.7. The number of benzene rings is 1. The highest BCUT2D eigenvalue weighted by Crippen LogP contribution is 2.69. The third kappa shape index (κ3) is 6.45. The number of carbonyl (C=O) groups is 5. The Morgan fingerprint density at radius 2 is 1.39 bits per heavy atom. The number of aliphatic hydroxyl groups excluding tert-OH is 1. The molecular formula is C36H50O13. The Morgan fingerprint density at radius 3 is 1.94 bits per heavy atom. The Bertz CT molecular complexity index is 1420. The van der Waals surface area contributed by atoms with Crippen LogP contribution in [0, 0.1) is 23.2 Å². The van der Waals surface area contributed by atoms with E-state index in [1.165, 1.54) is 19.1 Å². The first kappa shape index (κ1) is 38.3. The second-order valence-electron chi connectivity index (χ2n) is 14.4. The molecule has 1 aliphatic heterocycles. The fourth-order valence-electron chi connectivity index (χ4n) is 8.03. The van der Waals surface area contributed by atoms with Crippen LogP contribution in [-0.2, 0) is 47.6 Å². The Hall–Kier alpha value is -3.55. The number of esters is 5. The predicted octanol–water partition coefficient (Wildman–Crippen LogP) is 3.30. The summed E-state index contributed by atoms with van der Waals surface area (Å²) in [5.74, 6) is -6.21. The van der Waals surface area contributed by atoms with Gasteiger partial charge in [-0.1, -0.05) is 45.9 Å². The zero-order valence-electron chi connectivity index (χ0n) is 29.7. The Balaban J connectivity index is 2.15. The van der Waals surface area contributed by atoms with Crippen LogP contribution < -0.4 is 0 Å². The van der Waals surface area contributed by atoms with Crippen molar-refractivity contribution in [1.29, 1.82) is 0 Å². The summed E-state index contributed by atoms with van der Waals surface area (Å²) >= 11 is 0. The summed E-state index contributed by atoms with van der Waals surface area (Å²) in [6, 6.07) is 7.94. The van der Waals surface area contributed by atoms with Crippen molar-refractivity contribution < 1.29 is 62.6 Å². The molecule has 2 N–H and O–H groups in total. The molecule has 49 heavy (non-hydrogen) atoms. The van der Waals surface area contributed by atoms with Gasteiger partial charge in [-0.3, -0.25) is 19.2 Å². The maximum absolute atomic E-state index is 14.0. The van der Waals surface area contributed by atoms with Crippen molar-refractivity contribution in [3.8, 4) is 0 Å². The van der Waals surface area contributed by atoms with Gasteiger partial charge in [-0.05, 0) is 45.7 Å². The van der Waals surface area contributed by atoms with Crippen LogP contribution in [0.4, 0.5) is 0 Å². The monoisotopic (exact) mass is 690 g/mol. The Kier molecular flexibility index (Phi) is 10.9. The van der Waals surface area contributed by atoms with E-state index < -0.39 is 113 Å². The van der Waals surface area contributed by atoms with Crippen LogP contribution >= 0.6 is 0 Å². The summed E-state index contributed by atoms with van der Waals surface area (Å²) in [6.45, 7) is 13.0. The van der Waals surface area contributed by atoms with Gasteiger partial charge in [-0.2, -0.15) is 0 Å². The van der Waals surface area contributed by atoms with Crippen molar-refractivity contribution in [1.82, 2.24) is 0 Å². The van der Waals surface area contributed by atoms with E-state index in [0.717, 1.165) is 13.8 Å². The molecule has 13 nitrogen and oxygen atoms in total. The topological polar surface area (TPSA) is 181 Å². The smallest absolute Gasteiger partial charge is 0.338 e. The van der Waals surface area contributed by atoms with E-state index in [2.05, 4.69) is 0 Å². The predicted molar refractivity (Wildman–Crippen MR) is 172 cm³/mol. The number of rotatable bonds is 11. The van der Waals surface area contributed by atoms with Crippen molar-refractivity contribution in [2.24, 2.45) is 23.2 Å². The maximum Gasteiger partial charge on any atom is 0.338 e. The molecule has 2 saturated carbocycles. The van der Waals surface area contributed by atoms with Gasteiger partial charge < -0.3 is 38.6 Å². The first-order valence-corrected chi connectivity index (χ1v) is 16.9. The molecule has 0 radical (unpaired) electrons. The lowest BCUT2D eigenvalue weighted by molar-refractivity contribution is -0.363. The highest BCUT2D eigenvalue weighted by atomic mass is 16.6.